The van der Waals surface area contributed by atoms with Crippen molar-refractivity contribution in [2.75, 3.05) is 33.9 Å². The molecule has 0 fully saturated rings. The number of carbonyl (C=O) groups excluding carboxylic acids is 2. The van der Waals surface area contributed by atoms with Gasteiger partial charge < -0.3 is 23.7 Å². The van der Waals surface area contributed by atoms with Gasteiger partial charge in [0.05, 0.1) is 20.3 Å². The lowest BCUT2D eigenvalue weighted by Gasteiger charge is -2.27. The van der Waals surface area contributed by atoms with E-state index in [0.29, 0.717) is 36.8 Å². The van der Waals surface area contributed by atoms with Crippen LogP contribution in [0, 0.1) is 6.92 Å². The van der Waals surface area contributed by atoms with Gasteiger partial charge in [-0.25, -0.2) is 0 Å². The van der Waals surface area contributed by atoms with Gasteiger partial charge in [0, 0.05) is 25.8 Å². The van der Waals surface area contributed by atoms with Gasteiger partial charge in [-0.1, -0.05) is 36.4 Å². The van der Waals surface area contributed by atoms with E-state index in [1.54, 1.807) is 43.4 Å². The molecule has 0 aliphatic rings. The SMILES string of the molecule is COCCN(CC(=O)N(Cc1ccccc1)Cc1ccc(C)o1)C(=O)c1cccc(OC)c1. The van der Waals surface area contributed by atoms with Crippen LogP contribution in [0.1, 0.15) is 27.4 Å². The van der Waals surface area contributed by atoms with Crippen LogP contribution in [-0.4, -0.2) is 55.5 Å². The van der Waals surface area contributed by atoms with Gasteiger partial charge in [-0.05, 0) is 42.8 Å². The molecule has 33 heavy (non-hydrogen) atoms. The minimum atomic E-state index is -0.257. The fourth-order valence-electron chi connectivity index (χ4n) is 3.45. The van der Waals surface area contributed by atoms with Crippen LogP contribution in [-0.2, 0) is 22.6 Å². The summed E-state index contributed by atoms with van der Waals surface area (Å²) in [6.45, 7) is 3.12. The van der Waals surface area contributed by atoms with Crippen LogP contribution in [0.2, 0.25) is 0 Å². The highest BCUT2D eigenvalue weighted by Crippen LogP contribution is 2.17. The first-order chi connectivity index (χ1) is 16.0. The molecule has 0 aliphatic carbocycles. The Morgan fingerprint density at radius 3 is 2.36 bits per heavy atom. The molecular formula is C26H30N2O5. The third kappa shape index (κ3) is 6.95. The second-order valence-electron chi connectivity index (χ2n) is 7.70. The van der Waals surface area contributed by atoms with Gasteiger partial charge in [0.25, 0.3) is 5.91 Å². The zero-order chi connectivity index (χ0) is 23.6. The minimum absolute atomic E-state index is 0.0775. The molecule has 0 aliphatic heterocycles. The summed E-state index contributed by atoms with van der Waals surface area (Å²) in [6, 6.07) is 20.4. The van der Waals surface area contributed by atoms with Crippen molar-refractivity contribution in [2.45, 2.75) is 20.0 Å². The smallest absolute Gasteiger partial charge is 0.254 e. The molecule has 174 valence electrons. The third-order valence-electron chi connectivity index (χ3n) is 5.21. The number of ether oxygens (including phenoxy) is 2. The number of furan rings is 1. The molecule has 3 aromatic rings. The standard InChI is InChI=1S/C26H30N2O5/c1-20-12-13-24(33-20)18-28(17-21-8-5-4-6-9-21)25(29)19-27(14-15-31-2)26(30)22-10-7-11-23(16-22)32-3/h4-13,16H,14-15,17-19H2,1-3H3. The van der Waals surface area contributed by atoms with E-state index in [9.17, 15) is 9.59 Å². The average Bonchev–Trinajstić information content (AvgIpc) is 3.25. The third-order valence-corrected chi connectivity index (χ3v) is 5.21. The molecule has 0 saturated carbocycles. The first-order valence-corrected chi connectivity index (χ1v) is 10.8. The maximum Gasteiger partial charge on any atom is 0.254 e. The van der Waals surface area contributed by atoms with Crippen LogP contribution < -0.4 is 4.74 Å². The van der Waals surface area contributed by atoms with Crippen LogP contribution in [0.4, 0.5) is 0 Å². The van der Waals surface area contributed by atoms with Crippen LogP contribution in [0.5, 0.6) is 5.75 Å². The van der Waals surface area contributed by atoms with Crippen molar-refractivity contribution in [1.29, 1.82) is 0 Å². The number of amides is 2. The molecule has 3 rings (SSSR count). The lowest BCUT2D eigenvalue weighted by Crippen LogP contribution is -2.43. The van der Waals surface area contributed by atoms with Crippen LogP contribution in [0.3, 0.4) is 0 Å². The normalized spacial score (nSPS) is 10.6. The molecule has 0 unspecified atom stereocenters. The average molecular weight is 451 g/mol. The highest BCUT2D eigenvalue weighted by molar-refractivity contribution is 5.96. The van der Waals surface area contributed by atoms with E-state index in [1.807, 2.05) is 49.4 Å². The predicted octanol–water partition coefficient (Wildman–Crippen LogP) is 3.91. The van der Waals surface area contributed by atoms with Crippen LogP contribution in [0.25, 0.3) is 0 Å². The van der Waals surface area contributed by atoms with E-state index >= 15 is 0 Å². The van der Waals surface area contributed by atoms with Crippen LogP contribution in [0.15, 0.2) is 71.1 Å². The Balaban J connectivity index is 1.80. The Morgan fingerprint density at radius 2 is 1.70 bits per heavy atom. The second-order valence-corrected chi connectivity index (χ2v) is 7.70. The fraction of sp³-hybridized carbons (Fsp3) is 0.308. The summed E-state index contributed by atoms with van der Waals surface area (Å²) in [7, 11) is 3.12. The number of carbonyl (C=O) groups is 2. The summed E-state index contributed by atoms with van der Waals surface area (Å²) in [5, 5.41) is 0. The van der Waals surface area contributed by atoms with E-state index in [4.69, 9.17) is 13.9 Å². The molecule has 7 heteroatoms. The molecule has 7 nitrogen and oxygen atoms in total. The number of aryl methyl sites for hydroxylation is 1. The Bertz CT molecular complexity index is 1050. The summed E-state index contributed by atoms with van der Waals surface area (Å²) in [5.74, 6) is 1.62. The van der Waals surface area contributed by atoms with E-state index in [-0.39, 0.29) is 24.9 Å². The maximum atomic E-state index is 13.4. The molecule has 0 bridgehead atoms. The number of hydrogen-bond donors (Lipinski definition) is 0. The molecule has 2 amide bonds. The van der Waals surface area contributed by atoms with Gasteiger partial charge in [-0.2, -0.15) is 0 Å². The van der Waals surface area contributed by atoms with Gasteiger partial charge >= 0.3 is 0 Å². The summed E-state index contributed by atoms with van der Waals surface area (Å²) in [4.78, 5) is 29.8. The summed E-state index contributed by atoms with van der Waals surface area (Å²) in [5.41, 5.74) is 1.45. The Hall–Kier alpha value is -3.58. The number of methoxy groups -OCH3 is 2. The van der Waals surface area contributed by atoms with Crippen molar-refractivity contribution >= 4 is 11.8 Å². The summed E-state index contributed by atoms with van der Waals surface area (Å²) < 4.78 is 16.1. The van der Waals surface area contributed by atoms with Crippen molar-refractivity contribution in [3.63, 3.8) is 0 Å². The van der Waals surface area contributed by atoms with E-state index in [0.717, 1.165) is 11.3 Å². The molecule has 0 radical (unpaired) electrons. The molecule has 0 atom stereocenters. The highest BCUT2D eigenvalue weighted by Gasteiger charge is 2.23. The first kappa shape index (κ1) is 24.1. The van der Waals surface area contributed by atoms with Crippen molar-refractivity contribution in [3.8, 4) is 5.75 Å². The van der Waals surface area contributed by atoms with E-state index < -0.39 is 0 Å². The van der Waals surface area contributed by atoms with Gasteiger partial charge in [0.1, 0.15) is 23.8 Å². The Labute approximate surface area is 194 Å². The predicted molar refractivity (Wildman–Crippen MR) is 125 cm³/mol. The number of rotatable bonds is 11. The molecule has 0 N–H and O–H groups in total. The lowest BCUT2D eigenvalue weighted by atomic mass is 10.1. The lowest BCUT2D eigenvalue weighted by molar-refractivity contribution is -0.133. The highest BCUT2D eigenvalue weighted by atomic mass is 16.5. The van der Waals surface area contributed by atoms with Gasteiger partial charge in [0.2, 0.25) is 5.91 Å². The van der Waals surface area contributed by atoms with Gasteiger partial charge in [0.15, 0.2) is 0 Å². The molecule has 1 aromatic heterocycles. The zero-order valence-corrected chi connectivity index (χ0v) is 19.3. The largest absolute Gasteiger partial charge is 0.497 e. The van der Waals surface area contributed by atoms with Crippen molar-refractivity contribution < 1.29 is 23.5 Å². The Kier molecular flexibility index (Phi) is 8.66. The Morgan fingerprint density at radius 1 is 0.909 bits per heavy atom. The van der Waals surface area contributed by atoms with Crippen molar-refractivity contribution in [1.82, 2.24) is 9.80 Å². The molecule has 1 heterocycles. The molecule has 2 aromatic carbocycles. The fourth-order valence-corrected chi connectivity index (χ4v) is 3.45. The number of benzene rings is 2. The van der Waals surface area contributed by atoms with E-state index in [1.165, 1.54) is 4.90 Å². The van der Waals surface area contributed by atoms with Crippen molar-refractivity contribution in [3.05, 3.63) is 89.4 Å². The monoisotopic (exact) mass is 450 g/mol. The summed E-state index contributed by atoms with van der Waals surface area (Å²) in [6.07, 6.45) is 0. The quantitative estimate of drug-likeness (QED) is 0.443. The topological polar surface area (TPSA) is 72.2 Å². The van der Waals surface area contributed by atoms with Crippen LogP contribution >= 0.6 is 0 Å². The van der Waals surface area contributed by atoms with E-state index in [2.05, 4.69) is 0 Å². The zero-order valence-electron chi connectivity index (χ0n) is 19.3. The first-order valence-electron chi connectivity index (χ1n) is 10.8. The van der Waals surface area contributed by atoms with Gasteiger partial charge in [-0.15, -0.1) is 0 Å². The second kappa shape index (κ2) is 11.9. The minimum Gasteiger partial charge on any atom is -0.497 e. The molecule has 0 spiro atoms. The number of nitrogens with zero attached hydrogens (tertiary/aromatic N) is 2. The number of hydrogen-bond acceptors (Lipinski definition) is 5. The molecular weight excluding hydrogens is 420 g/mol. The maximum absolute atomic E-state index is 13.4. The summed E-state index contributed by atoms with van der Waals surface area (Å²) >= 11 is 0. The molecule has 0 saturated heterocycles. The van der Waals surface area contributed by atoms with Gasteiger partial charge in [-0.3, -0.25) is 9.59 Å². The van der Waals surface area contributed by atoms with Crippen molar-refractivity contribution in [2.24, 2.45) is 0 Å².